The highest BCUT2D eigenvalue weighted by molar-refractivity contribution is 6.65. The van der Waals surface area contributed by atoms with Crippen molar-refractivity contribution in [2.24, 2.45) is 0 Å². The van der Waals surface area contributed by atoms with Gasteiger partial charge in [0.05, 0.1) is 5.02 Å². The second kappa shape index (κ2) is 3.24. The highest BCUT2D eigenvalue weighted by Crippen LogP contribution is 2.10. The molecule has 1 N–H and O–H groups in total. The van der Waals surface area contributed by atoms with Crippen LogP contribution in [0.25, 0.3) is 0 Å². The van der Waals surface area contributed by atoms with Crippen LogP contribution < -0.4 is 5.46 Å². The van der Waals surface area contributed by atoms with Gasteiger partial charge in [0.15, 0.2) is 0 Å². The van der Waals surface area contributed by atoms with Gasteiger partial charge in [-0.2, -0.15) is 0 Å². The van der Waals surface area contributed by atoms with Crippen LogP contribution >= 0.6 is 11.6 Å². The molecule has 0 aliphatic rings. The first-order chi connectivity index (χ1) is 5.11. The maximum absolute atomic E-state index is 12.5. The summed E-state index contributed by atoms with van der Waals surface area (Å²) in [6.45, 7) is 0.997. The molecule has 0 heterocycles. The fourth-order valence-electron chi connectivity index (χ4n) is 0.772. The first-order valence-corrected chi connectivity index (χ1v) is 3.62. The summed E-state index contributed by atoms with van der Waals surface area (Å²) in [5.41, 5.74) is 0.622. The summed E-state index contributed by atoms with van der Waals surface area (Å²) < 4.78 is 12.5. The van der Waals surface area contributed by atoms with Crippen LogP contribution in [-0.2, 0) is 0 Å². The van der Waals surface area contributed by atoms with Crippen molar-refractivity contribution in [3.05, 3.63) is 29.0 Å². The molecule has 0 atom stereocenters. The van der Waals surface area contributed by atoms with E-state index in [4.69, 9.17) is 16.6 Å². The third-order valence-electron chi connectivity index (χ3n) is 1.43. The minimum Gasteiger partial charge on any atom is -0.447 e. The lowest BCUT2D eigenvalue weighted by atomic mass is 9.64. The number of hydrogen-bond donors (Lipinski definition) is 1. The van der Waals surface area contributed by atoms with Crippen LogP contribution in [0.1, 0.15) is 0 Å². The van der Waals surface area contributed by atoms with Crippen LogP contribution in [0.15, 0.2) is 18.2 Å². The lowest BCUT2D eigenvalue weighted by molar-refractivity contribution is 0.593. The molecule has 58 valence electrons. The predicted molar refractivity (Wildman–Crippen MR) is 44.9 cm³/mol. The molecule has 0 fully saturated rings. The van der Waals surface area contributed by atoms with Gasteiger partial charge in [-0.1, -0.05) is 24.5 Å². The summed E-state index contributed by atoms with van der Waals surface area (Å²) in [5, 5.41) is 9.10. The fraction of sp³-hybridized carbons (Fsp3) is 0.143. The molecule has 0 aromatic heterocycles. The minimum atomic E-state index is -0.604. The maximum atomic E-state index is 12.5. The Morgan fingerprint density at radius 1 is 1.55 bits per heavy atom. The summed E-state index contributed by atoms with van der Waals surface area (Å²) in [5.74, 6) is -0.462. The molecule has 0 unspecified atom stereocenters. The quantitative estimate of drug-likeness (QED) is 0.633. The van der Waals surface area contributed by atoms with Gasteiger partial charge in [0.1, 0.15) is 5.82 Å². The van der Waals surface area contributed by atoms with E-state index in [0.29, 0.717) is 5.46 Å². The first-order valence-electron chi connectivity index (χ1n) is 3.24. The molecule has 0 amide bonds. The van der Waals surface area contributed by atoms with Crippen LogP contribution in [0.5, 0.6) is 0 Å². The van der Waals surface area contributed by atoms with E-state index in [-0.39, 0.29) is 5.02 Å². The first kappa shape index (κ1) is 8.56. The lowest BCUT2D eigenvalue weighted by Crippen LogP contribution is -2.25. The largest absolute Gasteiger partial charge is 0.447 e. The van der Waals surface area contributed by atoms with Crippen molar-refractivity contribution in [1.82, 2.24) is 0 Å². The number of hydrogen-bond acceptors (Lipinski definition) is 1. The van der Waals surface area contributed by atoms with E-state index in [0.717, 1.165) is 0 Å². The van der Waals surface area contributed by atoms with E-state index in [1.165, 1.54) is 18.2 Å². The van der Waals surface area contributed by atoms with Crippen molar-refractivity contribution in [1.29, 1.82) is 0 Å². The van der Waals surface area contributed by atoms with Crippen LogP contribution in [0.2, 0.25) is 11.8 Å². The van der Waals surface area contributed by atoms with Gasteiger partial charge >= 0.3 is 6.92 Å². The Morgan fingerprint density at radius 2 is 2.18 bits per heavy atom. The van der Waals surface area contributed by atoms with Crippen molar-refractivity contribution in [3.63, 3.8) is 0 Å². The molecule has 0 bridgehead atoms. The average molecular weight is 172 g/mol. The van der Waals surface area contributed by atoms with Crippen LogP contribution in [0.4, 0.5) is 4.39 Å². The van der Waals surface area contributed by atoms with Gasteiger partial charge in [0.2, 0.25) is 0 Å². The normalized spacial score (nSPS) is 9.82. The SMILES string of the molecule is CB(O)c1ccc(F)c(Cl)c1. The molecular weight excluding hydrogens is 165 g/mol. The van der Waals surface area contributed by atoms with Gasteiger partial charge in [0.25, 0.3) is 0 Å². The van der Waals surface area contributed by atoms with Gasteiger partial charge in [-0.05, 0) is 17.6 Å². The van der Waals surface area contributed by atoms with Crippen LogP contribution in [0.3, 0.4) is 0 Å². The van der Waals surface area contributed by atoms with Crippen LogP contribution in [-0.4, -0.2) is 11.9 Å². The maximum Gasteiger partial charge on any atom is 0.320 e. The molecule has 4 heteroatoms. The molecule has 1 rings (SSSR count). The van der Waals surface area contributed by atoms with E-state index in [1.807, 2.05) is 0 Å². The summed E-state index contributed by atoms with van der Waals surface area (Å²) >= 11 is 5.47. The highest BCUT2D eigenvalue weighted by Gasteiger charge is 2.08. The van der Waals surface area contributed by atoms with Gasteiger partial charge < -0.3 is 5.02 Å². The van der Waals surface area contributed by atoms with Crippen molar-refractivity contribution in [3.8, 4) is 0 Å². The Kier molecular flexibility index (Phi) is 2.52. The zero-order chi connectivity index (χ0) is 8.43. The summed E-state index contributed by atoms with van der Waals surface area (Å²) in [6.07, 6.45) is 0. The molecule has 1 aromatic carbocycles. The monoisotopic (exact) mass is 172 g/mol. The Balaban J connectivity index is 3.05. The fourth-order valence-corrected chi connectivity index (χ4v) is 0.961. The van der Waals surface area contributed by atoms with Gasteiger partial charge in [-0.3, -0.25) is 0 Å². The second-order valence-electron chi connectivity index (χ2n) is 2.35. The topological polar surface area (TPSA) is 20.2 Å². The van der Waals surface area contributed by atoms with E-state index < -0.39 is 12.7 Å². The highest BCUT2D eigenvalue weighted by atomic mass is 35.5. The molecule has 0 spiro atoms. The molecule has 11 heavy (non-hydrogen) atoms. The summed E-state index contributed by atoms with van der Waals surface area (Å²) in [6, 6.07) is 4.16. The molecule has 0 aliphatic heterocycles. The molecule has 1 nitrogen and oxygen atoms in total. The van der Waals surface area contributed by atoms with Crippen molar-refractivity contribution >= 4 is 24.0 Å². The average Bonchev–Trinajstić information content (AvgIpc) is 1.94. The van der Waals surface area contributed by atoms with Gasteiger partial charge in [-0.15, -0.1) is 0 Å². The van der Waals surface area contributed by atoms with E-state index in [9.17, 15) is 4.39 Å². The molecule has 1 aromatic rings. The number of halogens is 2. The minimum absolute atomic E-state index is 0.0448. The molecule has 0 saturated carbocycles. The Morgan fingerprint density at radius 3 is 2.64 bits per heavy atom. The van der Waals surface area contributed by atoms with Crippen molar-refractivity contribution < 1.29 is 9.41 Å². The Bertz CT molecular complexity index is 265. The molecule has 0 aliphatic carbocycles. The standard InChI is InChI=1S/C7H7BClFO/c1-8(11)5-2-3-7(10)6(9)4-5/h2-4,11H,1H3. The number of benzene rings is 1. The zero-order valence-electron chi connectivity index (χ0n) is 6.01. The summed E-state index contributed by atoms with van der Waals surface area (Å²) in [4.78, 5) is 0. The van der Waals surface area contributed by atoms with Crippen molar-refractivity contribution in [2.45, 2.75) is 6.82 Å². The van der Waals surface area contributed by atoms with Crippen LogP contribution in [0, 0.1) is 5.82 Å². The third kappa shape index (κ3) is 1.95. The lowest BCUT2D eigenvalue weighted by Gasteiger charge is -2.00. The zero-order valence-corrected chi connectivity index (χ0v) is 6.77. The Hall–Kier alpha value is -0.535. The Labute approximate surface area is 69.9 Å². The van der Waals surface area contributed by atoms with E-state index in [2.05, 4.69) is 0 Å². The smallest absolute Gasteiger partial charge is 0.320 e. The van der Waals surface area contributed by atoms with E-state index >= 15 is 0 Å². The number of rotatable bonds is 1. The van der Waals surface area contributed by atoms with Gasteiger partial charge in [-0.25, -0.2) is 4.39 Å². The molecule has 0 radical (unpaired) electrons. The third-order valence-corrected chi connectivity index (χ3v) is 1.72. The molecular formula is C7H7BClFO. The predicted octanol–water partition coefficient (Wildman–Crippen LogP) is 1.30. The van der Waals surface area contributed by atoms with Crippen molar-refractivity contribution in [2.75, 3.05) is 0 Å². The van der Waals surface area contributed by atoms with E-state index in [1.54, 1.807) is 6.82 Å². The second-order valence-corrected chi connectivity index (χ2v) is 2.76. The molecule has 0 saturated heterocycles. The van der Waals surface area contributed by atoms with Gasteiger partial charge in [0, 0.05) is 0 Å². The summed E-state index contributed by atoms with van der Waals surface area (Å²) in [7, 11) is 0.